The second-order valence-electron chi connectivity index (χ2n) is 6.52. The summed E-state index contributed by atoms with van der Waals surface area (Å²) in [6, 6.07) is 23.0. The third-order valence-electron chi connectivity index (χ3n) is 4.27. The molecule has 0 bridgehead atoms. The quantitative estimate of drug-likeness (QED) is 0.611. The minimum atomic E-state index is 0.785. The van der Waals surface area contributed by atoms with Gasteiger partial charge in [-0.15, -0.1) is 0 Å². The number of aromatic nitrogens is 2. The fraction of sp³-hybridized carbons (Fsp3) is 0.273. The molecule has 0 saturated carbocycles. The van der Waals surface area contributed by atoms with Gasteiger partial charge in [-0.1, -0.05) is 60.7 Å². The number of benzene rings is 2. The Bertz CT molecular complexity index is 803. The summed E-state index contributed by atoms with van der Waals surface area (Å²) in [4.78, 5) is 11.3. The van der Waals surface area contributed by atoms with Gasteiger partial charge in [-0.05, 0) is 30.9 Å². The fourth-order valence-corrected chi connectivity index (χ4v) is 2.93. The molecule has 1 aromatic heterocycles. The molecule has 3 aromatic rings. The van der Waals surface area contributed by atoms with Crippen LogP contribution in [0.3, 0.4) is 0 Å². The largest absolute Gasteiger partial charge is 0.370 e. The molecule has 3 rings (SSSR count). The monoisotopic (exact) mass is 346 g/mol. The van der Waals surface area contributed by atoms with Crippen LogP contribution in [0.15, 0.2) is 66.7 Å². The molecule has 0 saturated heterocycles. The lowest BCUT2D eigenvalue weighted by Gasteiger charge is -2.19. The van der Waals surface area contributed by atoms with E-state index in [0.717, 1.165) is 43.4 Å². The minimum absolute atomic E-state index is 0.785. The second kappa shape index (κ2) is 8.99. The molecular weight excluding hydrogens is 320 g/mol. The lowest BCUT2D eigenvalue weighted by Crippen LogP contribution is -2.19. The van der Waals surface area contributed by atoms with E-state index in [9.17, 15) is 0 Å². The van der Waals surface area contributed by atoms with Gasteiger partial charge in [-0.25, -0.2) is 9.97 Å². The average Bonchev–Trinajstić information content (AvgIpc) is 2.66. The number of aryl methyl sites for hydroxylation is 2. The van der Waals surface area contributed by atoms with Gasteiger partial charge < -0.3 is 10.2 Å². The SMILES string of the molecule is Cc1nc(NCCCc2ccccc2)cc(N(C)Cc2ccccc2)n1. The van der Waals surface area contributed by atoms with Crippen LogP contribution in [-0.2, 0) is 13.0 Å². The van der Waals surface area contributed by atoms with E-state index in [1.165, 1.54) is 11.1 Å². The van der Waals surface area contributed by atoms with Crippen LogP contribution in [0.5, 0.6) is 0 Å². The summed E-state index contributed by atoms with van der Waals surface area (Å²) in [6.45, 7) is 3.66. The van der Waals surface area contributed by atoms with Gasteiger partial charge in [0.15, 0.2) is 0 Å². The van der Waals surface area contributed by atoms with Crippen molar-refractivity contribution in [1.29, 1.82) is 0 Å². The van der Waals surface area contributed by atoms with E-state index >= 15 is 0 Å². The Labute approximate surface area is 155 Å². The molecule has 0 aliphatic carbocycles. The molecule has 4 nitrogen and oxygen atoms in total. The lowest BCUT2D eigenvalue weighted by atomic mass is 10.1. The van der Waals surface area contributed by atoms with Crippen molar-refractivity contribution in [2.24, 2.45) is 0 Å². The normalized spacial score (nSPS) is 10.5. The molecule has 2 aromatic carbocycles. The summed E-state index contributed by atoms with van der Waals surface area (Å²) in [7, 11) is 2.06. The van der Waals surface area contributed by atoms with E-state index in [2.05, 4.69) is 81.8 Å². The number of hydrogen-bond donors (Lipinski definition) is 1. The zero-order chi connectivity index (χ0) is 18.2. The first kappa shape index (κ1) is 17.9. The van der Waals surface area contributed by atoms with Crippen LogP contribution in [0, 0.1) is 6.92 Å². The molecule has 1 N–H and O–H groups in total. The highest BCUT2D eigenvalue weighted by Crippen LogP contribution is 2.17. The molecule has 0 aliphatic heterocycles. The van der Waals surface area contributed by atoms with Gasteiger partial charge in [0, 0.05) is 26.2 Å². The molecule has 0 aliphatic rings. The molecule has 0 atom stereocenters. The first-order valence-electron chi connectivity index (χ1n) is 9.09. The zero-order valence-corrected chi connectivity index (χ0v) is 15.5. The highest BCUT2D eigenvalue weighted by atomic mass is 15.2. The molecule has 4 heteroatoms. The van der Waals surface area contributed by atoms with E-state index in [4.69, 9.17) is 0 Å². The van der Waals surface area contributed by atoms with Gasteiger partial charge in [-0.3, -0.25) is 0 Å². The van der Waals surface area contributed by atoms with Crippen LogP contribution < -0.4 is 10.2 Å². The lowest BCUT2D eigenvalue weighted by molar-refractivity contribution is 0.849. The molecule has 0 radical (unpaired) electrons. The Morgan fingerprint density at radius 3 is 2.23 bits per heavy atom. The summed E-state index contributed by atoms with van der Waals surface area (Å²) in [6.07, 6.45) is 2.14. The van der Waals surface area contributed by atoms with Gasteiger partial charge in [-0.2, -0.15) is 0 Å². The van der Waals surface area contributed by atoms with Crippen molar-refractivity contribution in [3.05, 3.63) is 83.7 Å². The third-order valence-corrected chi connectivity index (χ3v) is 4.27. The summed E-state index contributed by atoms with van der Waals surface area (Å²) >= 11 is 0. The van der Waals surface area contributed by atoms with Crippen LogP contribution >= 0.6 is 0 Å². The van der Waals surface area contributed by atoms with E-state index in [-0.39, 0.29) is 0 Å². The number of rotatable bonds is 8. The van der Waals surface area contributed by atoms with Crippen LogP contribution in [0.25, 0.3) is 0 Å². The molecule has 0 spiro atoms. The third kappa shape index (κ3) is 5.31. The number of nitrogens with one attached hydrogen (secondary N) is 1. The molecule has 0 fully saturated rings. The van der Waals surface area contributed by atoms with Gasteiger partial charge >= 0.3 is 0 Å². The van der Waals surface area contributed by atoms with Crippen LogP contribution in [0.2, 0.25) is 0 Å². The van der Waals surface area contributed by atoms with E-state index in [1.54, 1.807) is 0 Å². The Balaban J connectivity index is 1.56. The van der Waals surface area contributed by atoms with Crippen molar-refractivity contribution in [3.63, 3.8) is 0 Å². The maximum atomic E-state index is 4.58. The molecule has 134 valence electrons. The Hall–Kier alpha value is -2.88. The predicted octanol–water partition coefficient (Wildman–Crippen LogP) is 4.47. The summed E-state index contributed by atoms with van der Waals surface area (Å²) < 4.78 is 0. The first-order chi connectivity index (χ1) is 12.7. The molecule has 26 heavy (non-hydrogen) atoms. The molecule has 0 unspecified atom stereocenters. The van der Waals surface area contributed by atoms with Gasteiger partial charge in [0.1, 0.15) is 17.5 Å². The predicted molar refractivity (Wildman–Crippen MR) is 109 cm³/mol. The average molecular weight is 346 g/mol. The van der Waals surface area contributed by atoms with Crippen LogP contribution in [-0.4, -0.2) is 23.6 Å². The standard InChI is InChI=1S/C22H26N4/c1-18-24-21(23-15-9-14-19-10-5-3-6-11-19)16-22(25-18)26(2)17-20-12-7-4-8-13-20/h3-8,10-13,16H,9,14-15,17H2,1-2H3,(H,23,24,25). The van der Waals surface area contributed by atoms with Crippen molar-refractivity contribution in [2.75, 3.05) is 23.8 Å². The summed E-state index contributed by atoms with van der Waals surface area (Å²) in [5.74, 6) is 2.61. The maximum absolute atomic E-state index is 4.58. The highest BCUT2D eigenvalue weighted by Gasteiger charge is 2.07. The summed E-state index contributed by atoms with van der Waals surface area (Å²) in [5, 5.41) is 3.44. The number of hydrogen-bond acceptors (Lipinski definition) is 4. The van der Waals surface area contributed by atoms with Gasteiger partial charge in [0.2, 0.25) is 0 Å². The number of anilines is 2. The molecule has 0 amide bonds. The van der Waals surface area contributed by atoms with Crippen LogP contribution in [0.1, 0.15) is 23.4 Å². The zero-order valence-electron chi connectivity index (χ0n) is 15.5. The van der Waals surface area contributed by atoms with Crippen molar-refractivity contribution >= 4 is 11.6 Å². The summed E-state index contributed by atoms with van der Waals surface area (Å²) in [5.41, 5.74) is 2.64. The Morgan fingerprint density at radius 1 is 0.885 bits per heavy atom. The van der Waals surface area contributed by atoms with E-state index in [0.29, 0.717) is 0 Å². The van der Waals surface area contributed by atoms with E-state index in [1.807, 2.05) is 19.1 Å². The first-order valence-corrected chi connectivity index (χ1v) is 9.09. The topological polar surface area (TPSA) is 41.1 Å². The minimum Gasteiger partial charge on any atom is -0.370 e. The van der Waals surface area contributed by atoms with E-state index < -0.39 is 0 Å². The second-order valence-corrected chi connectivity index (χ2v) is 6.52. The Kier molecular flexibility index (Phi) is 6.20. The van der Waals surface area contributed by atoms with Crippen molar-refractivity contribution in [2.45, 2.75) is 26.3 Å². The van der Waals surface area contributed by atoms with Crippen molar-refractivity contribution in [1.82, 2.24) is 9.97 Å². The number of nitrogens with zero attached hydrogens (tertiary/aromatic N) is 3. The van der Waals surface area contributed by atoms with Crippen molar-refractivity contribution in [3.8, 4) is 0 Å². The fourth-order valence-electron chi connectivity index (χ4n) is 2.93. The maximum Gasteiger partial charge on any atom is 0.134 e. The highest BCUT2D eigenvalue weighted by molar-refractivity contribution is 5.49. The molecular formula is C22H26N4. The van der Waals surface area contributed by atoms with Crippen LogP contribution in [0.4, 0.5) is 11.6 Å². The van der Waals surface area contributed by atoms with Crippen molar-refractivity contribution < 1.29 is 0 Å². The Morgan fingerprint density at radius 2 is 1.54 bits per heavy atom. The smallest absolute Gasteiger partial charge is 0.134 e. The van der Waals surface area contributed by atoms with Gasteiger partial charge in [0.25, 0.3) is 0 Å². The molecule has 1 heterocycles. The van der Waals surface area contributed by atoms with Gasteiger partial charge in [0.05, 0.1) is 0 Å².